The van der Waals surface area contributed by atoms with Crippen molar-refractivity contribution in [2.24, 2.45) is 0 Å². The number of benzene rings is 2. The van der Waals surface area contributed by atoms with E-state index in [1.54, 1.807) is 0 Å². The van der Waals surface area contributed by atoms with Gasteiger partial charge in [-0.2, -0.15) is 0 Å². The second-order valence-corrected chi connectivity index (χ2v) is 4.50. The van der Waals surface area contributed by atoms with Crippen LogP contribution >= 0.6 is 0 Å². The van der Waals surface area contributed by atoms with Crippen molar-refractivity contribution in [1.29, 1.82) is 0 Å². The minimum absolute atomic E-state index is 0.583. The fourth-order valence-electron chi connectivity index (χ4n) is 2.07. The van der Waals surface area contributed by atoms with Crippen molar-refractivity contribution >= 4 is 6.08 Å². The molecule has 0 amide bonds. The highest BCUT2D eigenvalue weighted by Crippen LogP contribution is 2.39. The van der Waals surface area contributed by atoms with E-state index in [-0.39, 0.29) is 0 Å². The highest BCUT2D eigenvalue weighted by molar-refractivity contribution is 5.57. The van der Waals surface area contributed by atoms with Gasteiger partial charge in [0.05, 0.1) is 0 Å². The molecule has 90 valence electrons. The maximum atomic E-state index is 10.2. The molecular formula is C16H14O2. The molecule has 1 N–H and O–H groups in total. The Hall–Kier alpha value is -2.06. The van der Waals surface area contributed by atoms with Crippen LogP contribution in [0, 0.1) is 6.92 Å². The molecule has 2 aromatic carbocycles. The molecule has 0 radical (unpaired) electrons. The lowest BCUT2D eigenvalue weighted by Gasteiger charge is -2.03. The molecule has 2 heteroatoms. The number of para-hydroxylation sites is 1. The predicted octanol–water partition coefficient (Wildman–Crippen LogP) is 3.46. The molecule has 18 heavy (non-hydrogen) atoms. The molecule has 0 bridgehead atoms. The topological polar surface area (TPSA) is 29.5 Å². The summed E-state index contributed by atoms with van der Waals surface area (Å²) < 4.78 is 5.66. The molecule has 1 aliphatic heterocycles. The molecule has 0 saturated carbocycles. The molecule has 0 fully saturated rings. The predicted molar refractivity (Wildman–Crippen MR) is 71.2 cm³/mol. The second-order valence-electron chi connectivity index (χ2n) is 4.50. The largest absolute Gasteiger partial charge is 0.458 e. The Morgan fingerprint density at radius 1 is 1.06 bits per heavy atom. The number of hydrogen-bond acceptors (Lipinski definition) is 2. The van der Waals surface area contributed by atoms with Gasteiger partial charge in [-0.15, -0.1) is 0 Å². The smallest absolute Gasteiger partial charge is 0.140 e. The van der Waals surface area contributed by atoms with E-state index in [4.69, 9.17) is 4.74 Å². The number of aliphatic hydroxyl groups excluding tert-OH is 1. The van der Waals surface area contributed by atoms with E-state index in [1.165, 1.54) is 5.56 Å². The lowest BCUT2D eigenvalue weighted by molar-refractivity contribution is 0.193. The number of hydrogen-bond donors (Lipinski definition) is 1. The highest BCUT2D eigenvalue weighted by Gasteiger charge is 2.26. The molecule has 1 unspecified atom stereocenters. The molecule has 0 spiro atoms. The van der Waals surface area contributed by atoms with Crippen molar-refractivity contribution in [3.8, 4) is 5.75 Å². The van der Waals surface area contributed by atoms with Gasteiger partial charge >= 0.3 is 0 Å². The van der Waals surface area contributed by atoms with Crippen LogP contribution in [0.5, 0.6) is 5.75 Å². The zero-order chi connectivity index (χ0) is 12.5. The van der Waals surface area contributed by atoms with E-state index in [1.807, 2.05) is 61.5 Å². The summed E-state index contributed by atoms with van der Waals surface area (Å²) in [4.78, 5) is 0. The Kier molecular flexibility index (Phi) is 2.65. The first-order valence-corrected chi connectivity index (χ1v) is 5.97. The minimum atomic E-state index is -0.664. The minimum Gasteiger partial charge on any atom is -0.458 e. The summed E-state index contributed by atoms with van der Waals surface area (Å²) >= 11 is 0. The van der Waals surface area contributed by atoms with Gasteiger partial charge in [0.1, 0.15) is 17.6 Å². The number of aryl methyl sites for hydroxylation is 1. The van der Waals surface area contributed by atoms with Crippen molar-refractivity contribution in [3.05, 3.63) is 71.0 Å². The Balaban J connectivity index is 1.94. The Bertz CT molecular complexity index is 597. The van der Waals surface area contributed by atoms with E-state index in [9.17, 15) is 5.11 Å². The maximum absolute atomic E-state index is 10.2. The fourth-order valence-corrected chi connectivity index (χ4v) is 2.07. The van der Waals surface area contributed by atoms with E-state index >= 15 is 0 Å². The van der Waals surface area contributed by atoms with Crippen molar-refractivity contribution < 1.29 is 9.84 Å². The van der Waals surface area contributed by atoms with Gasteiger partial charge < -0.3 is 9.84 Å². The third-order valence-corrected chi connectivity index (χ3v) is 3.10. The first-order chi connectivity index (χ1) is 8.74. The van der Waals surface area contributed by atoms with Gasteiger partial charge in [-0.3, -0.25) is 0 Å². The van der Waals surface area contributed by atoms with Crippen molar-refractivity contribution in [3.63, 3.8) is 0 Å². The summed E-state index contributed by atoms with van der Waals surface area (Å²) in [6.07, 6.45) is 1.21. The molecule has 2 aromatic rings. The molecule has 2 nitrogen and oxygen atoms in total. The zero-order valence-corrected chi connectivity index (χ0v) is 10.1. The first kappa shape index (κ1) is 11.1. The summed E-state index contributed by atoms with van der Waals surface area (Å²) in [5.41, 5.74) is 3.08. The van der Waals surface area contributed by atoms with Crippen LogP contribution in [0.3, 0.4) is 0 Å². The molecule has 1 heterocycles. The summed E-state index contributed by atoms with van der Waals surface area (Å²) in [7, 11) is 0. The van der Waals surface area contributed by atoms with Crippen LogP contribution in [0.1, 0.15) is 22.8 Å². The van der Waals surface area contributed by atoms with E-state index in [0.717, 1.165) is 16.9 Å². The Labute approximate surface area is 106 Å². The number of aliphatic hydroxyl groups is 1. The quantitative estimate of drug-likeness (QED) is 0.824. The van der Waals surface area contributed by atoms with E-state index < -0.39 is 6.10 Å². The second kappa shape index (κ2) is 4.31. The van der Waals surface area contributed by atoms with Gasteiger partial charge in [0.25, 0.3) is 0 Å². The van der Waals surface area contributed by atoms with Crippen LogP contribution < -0.4 is 4.74 Å². The third-order valence-electron chi connectivity index (χ3n) is 3.10. The maximum Gasteiger partial charge on any atom is 0.140 e. The van der Waals surface area contributed by atoms with Crippen LogP contribution in [0.15, 0.2) is 54.3 Å². The van der Waals surface area contributed by atoms with Gasteiger partial charge in [0, 0.05) is 5.56 Å². The number of ether oxygens (including phenoxy) is 1. The van der Waals surface area contributed by atoms with Crippen molar-refractivity contribution in [2.45, 2.75) is 13.0 Å². The van der Waals surface area contributed by atoms with Crippen LogP contribution in [-0.4, -0.2) is 5.11 Å². The summed E-state index contributed by atoms with van der Waals surface area (Å²) in [6, 6.07) is 15.7. The van der Waals surface area contributed by atoms with Crippen LogP contribution in [0.4, 0.5) is 0 Å². The molecule has 0 saturated heterocycles. The SMILES string of the molecule is Cc1ccc(/C=C2/Oc3ccccc3C2O)cc1. The molecule has 0 aliphatic carbocycles. The normalized spacial score (nSPS) is 19.7. The molecule has 3 rings (SSSR count). The fraction of sp³-hybridized carbons (Fsp3) is 0.125. The van der Waals surface area contributed by atoms with Gasteiger partial charge in [-0.1, -0.05) is 48.0 Å². The van der Waals surface area contributed by atoms with Crippen molar-refractivity contribution in [1.82, 2.24) is 0 Å². The Morgan fingerprint density at radius 3 is 2.50 bits per heavy atom. The van der Waals surface area contributed by atoms with Crippen LogP contribution in [0.2, 0.25) is 0 Å². The summed E-state index contributed by atoms with van der Waals surface area (Å²) in [6.45, 7) is 2.05. The van der Waals surface area contributed by atoms with E-state index in [2.05, 4.69) is 0 Å². The average molecular weight is 238 g/mol. The standard InChI is InChI=1S/C16H14O2/c1-11-6-8-12(9-7-11)10-15-16(17)13-4-2-3-5-14(13)18-15/h2-10,16-17H,1H3/b15-10+. The first-order valence-electron chi connectivity index (χ1n) is 5.97. The molecule has 0 aromatic heterocycles. The average Bonchev–Trinajstić information content (AvgIpc) is 2.70. The lowest BCUT2D eigenvalue weighted by atomic mass is 10.1. The monoisotopic (exact) mass is 238 g/mol. The molecule has 1 atom stereocenters. The summed E-state index contributed by atoms with van der Waals surface area (Å²) in [5.74, 6) is 1.32. The Morgan fingerprint density at radius 2 is 1.78 bits per heavy atom. The van der Waals surface area contributed by atoms with Gasteiger partial charge in [-0.05, 0) is 24.6 Å². The highest BCUT2D eigenvalue weighted by atomic mass is 16.5. The van der Waals surface area contributed by atoms with Gasteiger partial charge in [0.2, 0.25) is 0 Å². The lowest BCUT2D eigenvalue weighted by Crippen LogP contribution is -1.96. The number of rotatable bonds is 1. The van der Waals surface area contributed by atoms with Gasteiger partial charge in [-0.25, -0.2) is 0 Å². The van der Waals surface area contributed by atoms with Crippen molar-refractivity contribution in [2.75, 3.05) is 0 Å². The van der Waals surface area contributed by atoms with Crippen LogP contribution in [-0.2, 0) is 0 Å². The van der Waals surface area contributed by atoms with Crippen LogP contribution in [0.25, 0.3) is 6.08 Å². The van der Waals surface area contributed by atoms with Gasteiger partial charge in [0.15, 0.2) is 0 Å². The number of fused-ring (bicyclic) bond motifs is 1. The third kappa shape index (κ3) is 1.91. The molecular weight excluding hydrogens is 224 g/mol. The zero-order valence-electron chi connectivity index (χ0n) is 10.1. The van der Waals surface area contributed by atoms with E-state index in [0.29, 0.717) is 5.76 Å². The summed E-state index contributed by atoms with van der Waals surface area (Å²) in [5, 5.41) is 10.2. The molecule has 1 aliphatic rings.